The van der Waals surface area contributed by atoms with Gasteiger partial charge in [-0.25, -0.2) is 4.39 Å². The van der Waals surface area contributed by atoms with Crippen LogP contribution in [0.1, 0.15) is 30.4 Å². The first-order valence-electron chi connectivity index (χ1n) is 12.5. The predicted octanol–water partition coefficient (Wildman–Crippen LogP) is 3.27. The Morgan fingerprint density at radius 2 is 1.92 bits per heavy atom. The van der Waals surface area contributed by atoms with E-state index in [4.69, 9.17) is 4.65 Å². The van der Waals surface area contributed by atoms with E-state index in [2.05, 4.69) is 0 Å². The van der Waals surface area contributed by atoms with Crippen molar-refractivity contribution in [2.24, 2.45) is 17.8 Å². The Hall–Kier alpha value is -3.27. The first-order valence-corrected chi connectivity index (χ1v) is 12.5. The van der Waals surface area contributed by atoms with Gasteiger partial charge in [0.2, 0.25) is 11.8 Å². The number of carbonyl (C=O) groups is 2. The van der Waals surface area contributed by atoms with Crippen LogP contribution in [0.4, 0.5) is 4.39 Å². The van der Waals surface area contributed by atoms with Crippen molar-refractivity contribution in [1.82, 2.24) is 4.90 Å². The number of nitrogens with zero attached hydrogens (tertiary/aromatic N) is 1. The molecule has 3 N–H and O–H groups in total. The van der Waals surface area contributed by atoms with Crippen LogP contribution in [0.25, 0.3) is 11.6 Å². The van der Waals surface area contributed by atoms with Gasteiger partial charge in [-0.3, -0.25) is 14.5 Å². The van der Waals surface area contributed by atoms with Crippen molar-refractivity contribution in [3.8, 4) is 5.75 Å². The Morgan fingerprint density at radius 1 is 1.16 bits per heavy atom. The van der Waals surface area contributed by atoms with Crippen molar-refractivity contribution in [2.75, 3.05) is 13.7 Å². The molecular weight excluding hydrogens is 476 g/mol. The molecule has 2 saturated heterocycles. The molecule has 0 bridgehead atoms. The number of halogens is 1. The maximum absolute atomic E-state index is 14.0. The van der Waals surface area contributed by atoms with E-state index in [0.29, 0.717) is 30.4 Å². The monoisotopic (exact) mass is 505 g/mol. The number of rotatable bonds is 6. The van der Waals surface area contributed by atoms with Crippen molar-refractivity contribution in [3.05, 3.63) is 76.6 Å². The number of imide groups is 1. The van der Waals surface area contributed by atoms with Gasteiger partial charge < -0.3 is 19.9 Å². The lowest BCUT2D eigenvalue weighted by Crippen LogP contribution is -2.46. The summed E-state index contributed by atoms with van der Waals surface area (Å²) in [4.78, 5) is 26.8. The molecular formula is C28H29BFNO6. The van der Waals surface area contributed by atoms with E-state index in [9.17, 15) is 29.2 Å². The summed E-state index contributed by atoms with van der Waals surface area (Å²) in [6.07, 6.45) is 2.74. The quantitative estimate of drug-likeness (QED) is 0.241. The summed E-state index contributed by atoms with van der Waals surface area (Å²) >= 11 is 0. The van der Waals surface area contributed by atoms with Crippen LogP contribution in [-0.4, -0.2) is 58.8 Å². The van der Waals surface area contributed by atoms with Crippen LogP contribution in [0.15, 0.2) is 59.7 Å². The first-order chi connectivity index (χ1) is 17.8. The largest absolute Gasteiger partial charge is 0.505 e. The summed E-state index contributed by atoms with van der Waals surface area (Å²) in [6, 6.07) is 13.8. The van der Waals surface area contributed by atoms with Crippen LogP contribution >= 0.6 is 0 Å². The van der Waals surface area contributed by atoms with Gasteiger partial charge in [-0.15, -0.1) is 0 Å². The molecule has 0 saturated carbocycles. The molecule has 2 heterocycles. The highest BCUT2D eigenvalue weighted by atomic mass is 19.1. The van der Waals surface area contributed by atoms with Crippen LogP contribution < -0.4 is 0 Å². The SMILES string of the molecule is CN1C(=O)[C@@H]2[C@@H](CC(CO)=C3[C@@H](CC/C(=C/c4ccc(O)c(F)c4)c4ccccc4)OB(O)C[C@@H]32)C1=O. The molecule has 0 aromatic heterocycles. The molecule has 2 aromatic carbocycles. The number of allylic oxidation sites excluding steroid dienone is 1. The van der Waals surface area contributed by atoms with Gasteiger partial charge >= 0.3 is 7.12 Å². The average Bonchev–Trinajstić information content (AvgIpc) is 3.12. The predicted molar refractivity (Wildman–Crippen MR) is 136 cm³/mol. The molecule has 1 aliphatic carbocycles. The molecule has 2 aromatic rings. The van der Waals surface area contributed by atoms with Crippen molar-refractivity contribution in [2.45, 2.75) is 31.7 Å². The summed E-state index contributed by atoms with van der Waals surface area (Å²) < 4.78 is 20.0. The topological polar surface area (TPSA) is 107 Å². The molecule has 7 nitrogen and oxygen atoms in total. The van der Waals surface area contributed by atoms with E-state index in [1.54, 1.807) is 6.07 Å². The van der Waals surface area contributed by atoms with E-state index >= 15 is 0 Å². The standard InChI is InChI=1S/C28H29BFNO6/c1-31-27(34)20-13-19(15-32)25-21(26(20)28(31)35)14-29(36)37-24(25)10-8-18(17-5-3-2-4-6-17)11-16-7-9-23(33)22(30)12-16/h2-7,9,11-12,20-21,24,26,32-33,36H,8,10,13-15H2,1H3/b18-11-/t20-,21+,24-,26-/m1/s1. The molecule has 2 aliphatic heterocycles. The number of phenolic OH excluding ortho intramolecular Hbond substituents is 1. The second-order valence-electron chi connectivity index (χ2n) is 10.00. The van der Waals surface area contributed by atoms with Crippen molar-refractivity contribution in [3.63, 3.8) is 0 Å². The zero-order chi connectivity index (χ0) is 26.3. The Labute approximate surface area is 215 Å². The molecule has 4 atom stereocenters. The minimum Gasteiger partial charge on any atom is -0.505 e. The summed E-state index contributed by atoms with van der Waals surface area (Å²) in [5, 5.41) is 30.3. The van der Waals surface area contributed by atoms with Gasteiger partial charge in [0.15, 0.2) is 11.6 Å². The summed E-state index contributed by atoms with van der Waals surface area (Å²) in [6.45, 7) is -0.246. The van der Waals surface area contributed by atoms with Crippen LogP contribution in [-0.2, 0) is 14.2 Å². The number of likely N-dealkylation sites (tertiary alicyclic amines) is 1. The van der Waals surface area contributed by atoms with Gasteiger partial charge in [-0.1, -0.05) is 42.5 Å². The number of fused-ring (bicyclic) bond motifs is 3. The maximum atomic E-state index is 14.0. The zero-order valence-corrected chi connectivity index (χ0v) is 20.5. The van der Waals surface area contributed by atoms with E-state index in [1.165, 1.54) is 19.2 Å². The lowest BCUT2D eigenvalue weighted by molar-refractivity contribution is -0.138. The molecule has 3 aliphatic rings. The van der Waals surface area contributed by atoms with Gasteiger partial charge in [0, 0.05) is 7.05 Å². The van der Waals surface area contributed by atoms with Gasteiger partial charge in [0.1, 0.15) is 0 Å². The third-order valence-electron chi connectivity index (χ3n) is 7.85. The molecule has 0 spiro atoms. The number of amides is 2. The van der Waals surface area contributed by atoms with Crippen LogP contribution in [0.5, 0.6) is 5.75 Å². The Balaban J connectivity index is 1.47. The smallest absolute Gasteiger partial charge is 0.455 e. The molecule has 5 rings (SSSR count). The maximum Gasteiger partial charge on any atom is 0.455 e. The fourth-order valence-corrected chi connectivity index (χ4v) is 6.12. The highest BCUT2D eigenvalue weighted by Gasteiger charge is 2.56. The Bertz CT molecular complexity index is 1280. The van der Waals surface area contributed by atoms with E-state index in [-0.39, 0.29) is 30.7 Å². The summed E-state index contributed by atoms with van der Waals surface area (Å²) in [7, 11) is 0.388. The van der Waals surface area contributed by atoms with Crippen molar-refractivity contribution < 1.29 is 33.9 Å². The van der Waals surface area contributed by atoms with Gasteiger partial charge in [-0.05, 0) is 71.5 Å². The molecule has 2 amide bonds. The van der Waals surface area contributed by atoms with Gasteiger partial charge in [0.05, 0.1) is 24.5 Å². The normalized spacial score (nSPS) is 26.0. The van der Waals surface area contributed by atoms with Crippen LogP contribution in [0, 0.1) is 23.6 Å². The van der Waals surface area contributed by atoms with Gasteiger partial charge in [-0.2, -0.15) is 0 Å². The minimum absolute atomic E-state index is 0.192. The third-order valence-corrected chi connectivity index (χ3v) is 7.85. The lowest BCUT2D eigenvalue weighted by atomic mass is 9.58. The number of hydrogen-bond acceptors (Lipinski definition) is 6. The average molecular weight is 505 g/mol. The fraction of sp³-hybridized carbons (Fsp3) is 0.357. The number of aromatic hydroxyl groups is 1. The number of aliphatic hydroxyl groups is 1. The Kier molecular flexibility index (Phi) is 7.03. The second-order valence-corrected chi connectivity index (χ2v) is 10.00. The van der Waals surface area contributed by atoms with Crippen molar-refractivity contribution in [1.29, 1.82) is 0 Å². The number of aliphatic hydroxyl groups excluding tert-OH is 1. The molecule has 37 heavy (non-hydrogen) atoms. The van der Waals surface area contributed by atoms with E-state index in [1.807, 2.05) is 36.4 Å². The first kappa shape index (κ1) is 25.4. The van der Waals surface area contributed by atoms with Gasteiger partial charge in [0.25, 0.3) is 0 Å². The fourth-order valence-electron chi connectivity index (χ4n) is 6.12. The molecule has 2 fully saturated rings. The number of hydrogen-bond donors (Lipinski definition) is 3. The molecule has 192 valence electrons. The summed E-state index contributed by atoms with van der Waals surface area (Å²) in [5.41, 5.74) is 3.93. The van der Waals surface area contributed by atoms with E-state index < -0.39 is 36.6 Å². The van der Waals surface area contributed by atoms with E-state index in [0.717, 1.165) is 21.6 Å². The minimum atomic E-state index is -1.10. The molecule has 0 unspecified atom stereocenters. The molecule has 0 radical (unpaired) electrons. The number of benzene rings is 2. The Morgan fingerprint density at radius 3 is 2.62 bits per heavy atom. The zero-order valence-electron chi connectivity index (χ0n) is 20.5. The van der Waals surface area contributed by atoms with Crippen LogP contribution in [0.2, 0.25) is 6.32 Å². The number of phenols is 1. The third kappa shape index (κ3) is 4.74. The number of carbonyl (C=O) groups excluding carboxylic acids is 2. The highest BCUT2D eigenvalue weighted by molar-refractivity contribution is 6.43. The summed E-state index contributed by atoms with van der Waals surface area (Å²) in [5.74, 6) is -3.09. The second kappa shape index (κ2) is 10.2. The van der Waals surface area contributed by atoms with Crippen molar-refractivity contribution >= 4 is 30.6 Å². The van der Waals surface area contributed by atoms with Crippen LogP contribution in [0.3, 0.4) is 0 Å². The molecule has 9 heteroatoms. The highest BCUT2D eigenvalue weighted by Crippen LogP contribution is 2.50. The lowest BCUT2D eigenvalue weighted by Gasteiger charge is -2.43.